The molecule has 2 heterocycles. The molecule has 4 nitrogen and oxygen atoms in total. The van der Waals surface area contributed by atoms with Crippen molar-refractivity contribution in [1.82, 2.24) is 9.88 Å². The van der Waals surface area contributed by atoms with Crippen molar-refractivity contribution in [2.75, 3.05) is 0 Å². The first-order chi connectivity index (χ1) is 6.84. The van der Waals surface area contributed by atoms with E-state index in [1.807, 2.05) is 6.92 Å². The minimum Gasteiger partial charge on any atom is -0.328 e. The molecule has 1 aromatic rings. The summed E-state index contributed by atoms with van der Waals surface area (Å²) in [6.07, 6.45) is 0. The van der Waals surface area contributed by atoms with Gasteiger partial charge in [-0.05, 0) is 48.3 Å². The second-order valence-corrected chi connectivity index (χ2v) is 5.03. The molecule has 7 heteroatoms. The predicted molar refractivity (Wildman–Crippen MR) is 59.9 cm³/mol. The van der Waals surface area contributed by atoms with Crippen LogP contribution in [-0.2, 0) is 49.1 Å². The largest absolute Gasteiger partial charge is 0.328 e. The number of hydrogen-bond donors (Lipinski definition) is 1. The maximum absolute atomic E-state index is 11.9. The van der Waals surface area contributed by atoms with E-state index in [0.29, 0.717) is 10.2 Å². The van der Waals surface area contributed by atoms with Gasteiger partial charge in [0.15, 0.2) is 0 Å². The molecule has 0 unspecified atom stereocenters. The first kappa shape index (κ1) is 17.3. The molecule has 95 valence electrons. The molecule has 2 rings (SSSR count). The number of nitrogens with one attached hydrogen (secondary N) is 1. The Labute approximate surface area is 137 Å². The van der Waals surface area contributed by atoms with Crippen molar-refractivity contribution in [1.29, 1.82) is 0 Å². The molecule has 0 fully saturated rings. The van der Waals surface area contributed by atoms with Gasteiger partial charge in [-0.2, -0.15) is 0 Å². The quantitative estimate of drug-likeness (QED) is 0.463. The minimum atomic E-state index is -0.655. The first-order valence-corrected chi connectivity index (χ1v) is 5.39. The zero-order chi connectivity index (χ0) is 11.4. The summed E-state index contributed by atoms with van der Waals surface area (Å²) in [6, 6.07) is 1.68. The minimum absolute atomic E-state index is 0. The summed E-state index contributed by atoms with van der Waals surface area (Å²) < 4.78 is 1.97. The van der Waals surface area contributed by atoms with Gasteiger partial charge in [0.25, 0.3) is 11.5 Å². The molecule has 0 spiro atoms. The predicted octanol–water partition coefficient (Wildman–Crippen LogP) is 1.35. The van der Waals surface area contributed by atoms with Gasteiger partial charge in [-0.1, -0.05) is 0 Å². The number of carbonyl (C=O) groups is 1. The average molecular weight is 647 g/mol. The van der Waals surface area contributed by atoms with Gasteiger partial charge in [0, 0.05) is 43.4 Å². The molecule has 1 aromatic heterocycles. The number of fused-ring (bicyclic) bond motifs is 1. The van der Waals surface area contributed by atoms with Crippen LogP contribution in [0.1, 0.15) is 29.9 Å². The molecule has 1 N–H and O–H groups in total. The summed E-state index contributed by atoms with van der Waals surface area (Å²) in [7, 11) is 0. The van der Waals surface area contributed by atoms with Crippen LogP contribution < -0.4 is 10.9 Å². The van der Waals surface area contributed by atoms with Gasteiger partial charge in [-0.3, -0.25) is 14.2 Å². The van der Waals surface area contributed by atoms with Crippen molar-refractivity contribution < 1.29 is 48.2 Å². The van der Waals surface area contributed by atoms with Crippen LogP contribution in [0.15, 0.2) is 15.3 Å². The van der Waals surface area contributed by atoms with Gasteiger partial charge >= 0.3 is 0 Å². The first-order valence-electron chi connectivity index (χ1n) is 4.60. The van der Waals surface area contributed by atoms with Crippen LogP contribution >= 0.6 is 15.9 Å². The number of aromatic nitrogens is 1. The van der Waals surface area contributed by atoms with Crippen molar-refractivity contribution >= 4 is 21.8 Å². The molecule has 0 aromatic carbocycles. The smallest absolute Gasteiger partial charge is 0.270 e. The van der Waals surface area contributed by atoms with E-state index in [9.17, 15) is 9.59 Å². The van der Waals surface area contributed by atoms with Crippen LogP contribution in [0.2, 0.25) is 0 Å². The normalized spacial score (nSPS) is 15.4. The molecule has 1 aliphatic rings. The number of nitrogens with zero attached hydrogens (tertiary/aromatic N) is 1. The zero-order valence-electron chi connectivity index (χ0n) is 9.48. The molecule has 1 radical (unpaired) electrons. The Balaban J connectivity index is 0.00000128. The van der Waals surface area contributed by atoms with Crippen molar-refractivity contribution in [2.45, 2.75) is 26.4 Å². The standard InChI is InChI=1S/C10H11BrN2O2.Pt.Ta/c1-5-4-6(11)9(15)13-7(5)8(14)12-10(13,2)3;;/h4H,1-3H3,(H,12,14);;. The van der Waals surface area contributed by atoms with E-state index in [-0.39, 0.29) is 54.9 Å². The van der Waals surface area contributed by atoms with Gasteiger partial charge < -0.3 is 5.32 Å². The number of pyridine rings is 1. The topological polar surface area (TPSA) is 51.1 Å². The van der Waals surface area contributed by atoms with E-state index in [1.54, 1.807) is 19.9 Å². The monoisotopic (exact) mass is 646 g/mol. The van der Waals surface area contributed by atoms with Gasteiger partial charge in [-0.15, -0.1) is 0 Å². The third-order valence-corrected chi connectivity index (χ3v) is 3.11. The van der Waals surface area contributed by atoms with Crippen LogP contribution in [-0.4, -0.2) is 10.5 Å². The summed E-state index contributed by atoms with van der Waals surface area (Å²) in [6.45, 7) is 5.42. The fourth-order valence-electron chi connectivity index (χ4n) is 1.91. The maximum Gasteiger partial charge on any atom is 0.270 e. The number of hydrogen-bond acceptors (Lipinski definition) is 2. The number of amides is 1. The summed E-state index contributed by atoms with van der Waals surface area (Å²) in [4.78, 5) is 23.6. The molecule has 0 atom stereocenters. The van der Waals surface area contributed by atoms with Crippen molar-refractivity contribution in [2.24, 2.45) is 0 Å². The SMILES string of the molecule is Cc1cc(Br)c(=O)n2c1C(=O)NC2(C)C.[Pt].[Ta]. The molecule has 0 aliphatic carbocycles. The summed E-state index contributed by atoms with van der Waals surface area (Å²) in [5.41, 5.74) is 0.412. The van der Waals surface area contributed by atoms with Crippen LogP contribution in [0, 0.1) is 6.92 Å². The number of rotatable bonds is 0. The fraction of sp³-hybridized carbons (Fsp3) is 0.400. The molecule has 0 bridgehead atoms. The second-order valence-electron chi connectivity index (χ2n) is 4.18. The molecule has 1 aliphatic heterocycles. The van der Waals surface area contributed by atoms with E-state index < -0.39 is 5.66 Å². The third kappa shape index (κ3) is 2.69. The number of carbonyl (C=O) groups excluding carboxylic acids is 1. The zero-order valence-corrected chi connectivity index (χ0v) is 16.6. The maximum atomic E-state index is 11.9. The van der Waals surface area contributed by atoms with Gasteiger partial charge in [0.1, 0.15) is 11.4 Å². The van der Waals surface area contributed by atoms with Crippen LogP contribution in [0.4, 0.5) is 0 Å². The van der Waals surface area contributed by atoms with Gasteiger partial charge in [-0.25, -0.2) is 0 Å². The summed E-state index contributed by atoms with van der Waals surface area (Å²) in [5, 5.41) is 2.77. The van der Waals surface area contributed by atoms with E-state index in [0.717, 1.165) is 5.56 Å². The van der Waals surface area contributed by atoms with E-state index in [2.05, 4.69) is 21.2 Å². The third-order valence-electron chi connectivity index (χ3n) is 2.54. The Morgan fingerprint density at radius 1 is 1.35 bits per heavy atom. The Bertz CT molecular complexity index is 528. The van der Waals surface area contributed by atoms with Gasteiger partial charge in [0.2, 0.25) is 0 Å². The van der Waals surface area contributed by atoms with Gasteiger partial charge in [0.05, 0.1) is 4.47 Å². The molecular formula is C10H11BrN2O2PtTa. The van der Waals surface area contributed by atoms with Crippen molar-refractivity contribution in [3.8, 4) is 0 Å². The molecule has 17 heavy (non-hydrogen) atoms. The van der Waals surface area contributed by atoms with Crippen LogP contribution in [0.25, 0.3) is 0 Å². The Kier molecular flexibility index (Phi) is 5.64. The second kappa shape index (κ2) is 5.53. The van der Waals surface area contributed by atoms with E-state index in [1.165, 1.54) is 4.57 Å². The van der Waals surface area contributed by atoms with Crippen LogP contribution in [0.3, 0.4) is 0 Å². The molecule has 1 amide bonds. The molecule has 0 saturated heterocycles. The Morgan fingerprint density at radius 2 is 1.88 bits per heavy atom. The van der Waals surface area contributed by atoms with Crippen molar-refractivity contribution in [3.63, 3.8) is 0 Å². The fourth-order valence-corrected chi connectivity index (χ4v) is 2.43. The molecule has 0 saturated carbocycles. The summed E-state index contributed by atoms with van der Waals surface area (Å²) in [5.74, 6) is -0.192. The summed E-state index contributed by atoms with van der Waals surface area (Å²) >= 11 is 3.20. The number of halogens is 1. The molecular weight excluding hydrogens is 636 g/mol. The van der Waals surface area contributed by atoms with E-state index in [4.69, 9.17) is 0 Å². The van der Waals surface area contributed by atoms with E-state index >= 15 is 0 Å². The Morgan fingerprint density at radius 3 is 2.41 bits per heavy atom. The average Bonchev–Trinajstić information content (AvgIpc) is 2.32. The Hall–Kier alpha value is 0.329. The number of aryl methyl sites for hydroxylation is 1. The van der Waals surface area contributed by atoms with Crippen LogP contribution in [0.5, 0.6) is 0 Å². The van der Waals surface area contributed by atoms with Crippen molar-refractivity contribution in [3.05, 3.63) is 32.2 Å².